The highest BCUT2D eigenvalue weighted by atomic mass is 32.2. The van der Waals surface area contributed by atoms with Crippen LogP contribution < -0.4 is 4.74 Å². The fourth-order valence-electron chi connectivity index (χ4n) is 4.03. The van der Waals surface area contributed by atoms with Gasteiger partial charge in [-0.1, -0.05) is 6.42 Å². The van der Waals surface area contributed by atoms with Crippen LogP contribution in [-0.2, 0) is 14.8 Å². The predicted octanol–water partition coefficient (Wildman–Crippen LogP) is 2.92. The van der Waals surface area contributed by atoms with E-state index in [0.717, 1.165) is 37.7 Å². The lowest BCUT2D eigenvalue weighted by Crippen LogP contribution is -2.43. The van der Waals surface area contributed by atoms with Crippen molar-refractivity contribution in [1.29, 1.82) is 0 Å². The Labute approximate surface area is 144 Å². The number of rotatable bonds is 4. The maximum Gasteiger partial charge on any atom is 0.243 e. The molecule has 24 heavy (non-hydrogen) atoms. The van der Waals surface area contributed by atoms with Gasteiger partial charge in [-0.25, -0.2) is 8.42 Å². The molecule has 1 heterocycles. The third-order valence-electron chi connectivity index (χ3n) is 5.29. The normalized spacial score (nSPS) is 25.8. The monoisotopic (exact) mass is 351 g/mol. The van der Waals surface area contributed by atoms with Crippen molar-refractivity contribution in [2.45, 2.75) is 56.4 Å². The molecule has 0 bridgehead atoms. The van der Waals surface area contributed by atoms with Crippen LogP contribution in [-0.4, -0.2) is 38.2 Å². The van der Waals surface area contributed by atoms with Gasteiger partial charge in [-0.15, -0.1) is 0 Å². The topological polar surface area (TPSA) is 63.7 Å². The molecule has 0 spiro atoms. The van der Waals surface area contributed by atoms with Gasteiger partial charge < -0.3 is 4.74 Å². The van der Waals surface area contributed by atoms with Crippen molar-refractivity contribution < 1.29 is 17.9 Å². The van der Waals surface area contributed by atoms with E-state index in [1.807, 2.05) is 6.92 Å². The zero-order chi connectivity index (χ0) is 17.3. The summed E-state index contributed by atoms with van der Waals surface area (Å²) in [4.78, 5) is 12.6. The predicted molar refractivity (Wildman–Crippen MR) is 91.6 cm³/mol. The fourth-order valence-corrected chi connectivity index (χ4v) is 5.84. The van der Waals surface area contributed by atoms with Gasteiger partial charge in [0.2, 0.25) is 10.0 Å². The summed E-state index contributed by atoms with van der Waals surface area (Å²) in [5.74, 6) is 0.781. The number of ether oxygens (including phenoxy) is 1. The lowest BCUT2D eigenvalue weighted by molar-refractivity contribution is -0.126. The minimum atomic E-state index is -3.58. The van der Waals surface area contributed by atoms with Crippen molar-refractivity contribution in [3.63, 3.8) is 0 Å². The molecule has 2 fully saturated rings. The lowest BCUT2D eigenvalue weighted by Gasteiger charge is -2.32. The first-order chi connectivity index (χ1) is 11.4. The summed E-state index contributed by atoms with van der Waals surface area (Å²) in [6, 6.07) is 4.77. The largest absolute Gasteiger partial charge is 0.496 e. The molecular weight excluding hydrogens is 326 g/mol. The molecule has 1 saturated carbocycles. The van der Waals surface area contributed by atoms with E-state index in [-0.39, 0.29) is 22.6 Å². The second-order valence-corrected chi connectivity index (χ2v) is 8.67. The number of hydrogen-bond donors (Lipinski definition) is 0. The quantitative estimate of drug-likeness (QED) is 0.837. The lowest BCUT2D eigenvalue weighted by atomic mass is 9.82. The standard InChI is InChI=1S/C18H25NO4S/c1-13-12-14(9-10-18(13)23-2)24(21,22)19-11-5-7-16(19)15-6-3-4-8-17(15)20/h9-10,12,15-16H,3-8,11H2,1-2H3/t15-,16+/m1/s1. The third kappa shape index (κ3) is 3.09. The van der Waals surface area contributed by atoms with Gasteiger partial charge in [-0.2, -0.15) is 4.31 Å². The first-order valence-electron chi connectivity index (χ1n) is 8.64. The molecule has 1 aromatic rings. The average Bonchev–Trinajstić information content (AvgIpc) is 3.05. The smallest absolute Gasteiger partial charge is 0.243 e. The van der Waals surface area contributed by atoms with Crippen LogP contribution in [0, 0.1) is 12.8 Å². The molecule has 1 aliphatic carbocycles. The second kappa shape index (κ2) is 6.84. The van der Waals surface area contributed by atoms with Crippen LogP contribution >= 0.6 is 0 Å². The molecule has 0 N–H and O–H groups in total. The number of aryl methyl sites for hydroxylation is 1. The zero-order valence-electron chi connectivity index (χ0n) is 14.3. The maximum absolute atomic E-state index is 13.1. The molecule has 0 unspecified atom stereocenters. The van der Waals surface area contributed by atoms with Gasteiger partial charge in [0.25, 0.3) is 0 Å². The summed E-state index contributed by atoms with van der Waals surface area (Å²) in [7, 11) is -2.01. The van der Waals surface area contributed by atoms with Crippen LogP contribution in [0.25, 0.3) is 0 Å². The number of nitrogens with zero attached hydrogens (tertiary/aromatic N) is 1. The Morgan fingerprint density at radius 2 is 1.96 bits per heavy atom. The number of sulfonamides is 1. The summed E-state index contributed by atoms with van der Waals surface area (Å²) in [5, 5.41) is 0. The zero-order valence-corrected chi connectivity index (χ0v) is 15.1. The Hall–Kier alpha value is -1.40. The molecular formula is C18H25NO4S. The van der Waals surface area contributed by atoms with Gasteiger partial charge in [0.1, 0.15) is 11.5 Å². The Kier molecular flexibility index (Phi) is 4.97. The van der Waals surface area contributed by atoms with Crippen molar-refractivity contribution in [3.8, 4) is 5.75 Å². The molecule has 2 aliphatic rings. The molecule has 1 aliphatic heterocycles. The van der Waals surface area contributed by atoms with E-state index in [9.17, 15) is 13.2 Å². The molecule has 2 atom stereocenters. The van der Waals surface area contributed by atoms with Crippen molar-refractivity contribution in [2.75, 3.05) is 13.7 Å². The number of methoxy groups -OCH3 is 1. The van der Waals surface area contributed by atoms with Crippen molar-refractivity contribution in [3.05, 3.63) is 23.8 Å². The van der Waals surface area contributed by atoms with Crippen LogP contribution in [0.1, 0.15) is 44.1 Å². The van der Waals surface area contributed by atoms with Gasteiger partial charge in [-0.3, -0.25) is 4.79 Å². The van der Waals surface area contributed by atoms with Gasteiger partial charge >= 0.3 is 0 Å². The van der Waals surface area contributed by atoms with Gasteiger partial charge in [0, 0.05) is 24.9 Å². The van der Waals surface area contributed by atoms with E-state index in [1.54, 1.807) is 29.6 Å². The SMILES string of the molecule is COc1ccc(S(=O)(=O)N2CCC[C@H]2[C@H]2CCCCC2=O)cc1C. The van der Waals surface area contributed by atoms with E-state index in [1.165, 1.54) is 0 Å². The van der Waals surface area contributed by atoms with Crippen molar-refractivity contribution >= 4 is 15.8 Å². The molecule has 0 amide bonds. The highest BCUT2D eigenvalue weighted by Crippen LogP contribution is 2.36. The average molecular weight is 351 g/mol. The summed E-state index contributed by atoms with van der Waals surface area (Å²) in [6.07, 6.45) is 4.97. The van der Waals surface area contributed by atoms with Crippen LogP contribution in [0.3, 0.4) is 0 Å². The Bertz CT molecular complexity index is 729. The second-order valence-electron chi connectivity index (χ2n) is 6.78. The molecule has 1 aromatic carbocycles. The molecule has 5 nitrogen and oxygen atoms in total. The molecule has 0 aromatic heterocycles. The number of carbonyl (C=O) groups is 1. The first-order valence-corrected chi connectivity index (χ1v) is 10.1. The number of carbonyl (C=O) groups excluding carboxylic acids is 1. The molecule has 3 rings (SSSR count). The van der Waals surface area contributed by atoms with Gasteiger partial charge in [-0.05, 0) is 56.4 Å². The third-order valence-corrected chi connectivity index (χ3v) is 7.21. The summed E-state index contributed by atoms with van der Waals surface area (Å²) >= 11 is 0. The summed E-state index contributed by atoms with van der Waals surface area (Å²) in [6.45, 7) is 2.34. The Morgan fingerprint density at radius 1 is 1.17 bits per heavy atom. The van der Waals surface area contributed by atoms with Gasteiger partial charge in [0.15, 0.2) is 0 Å². The number of ketones is 1. The number of Topliss-reactive ketones (excluding diaryl/α,β-unsaturated/α-hetero) is 1. The fraction of sp³-hybridized carbons (Fsp3) is 0.611. The van der Waals surface area contributed by atoms with Crippen LogP contribution in [0.2, 0.25) is 0 Å². The number of benzene rings is 1. The van der Waals surface area contributed by atoms with Crippen LogP contribution in [0.15, 0.2) is 23.1 Å². The molecule has 132 valence electrons. The van der Waals surface area contributed by atoms with E-state index in [0.29, 0.717) is 18.7 Å². The first kappa shape index (κ1) is 17.4. The van der Waals surface area contributed by atoms with Crippen LogP contribution in [0.4, 0.5) is 0 Å². The van der Waals surface area contributed by atoms with E-state index in [4.69, 9.17) is 4.74 Å². The minimum absolute atomic E-state index is 0.129. The maximum atomic E-state index is 13.1. The Balaban J connectivity index is 1.90. The number of hydrogen-bond acceptors (Lipinski definition) is 4. The molecule has 1 saturated heterocycles. The van der Waals surface area contributed by atoms with Crippen molar-refractivity contribution in [2.24, 2.45) is 5.92 Å². The summed E-state index contributed by atoms with van der Waals surface area (Å²) in [5.41, 5.74) is 0.795. The Morgan fingerprint density at radius 3 is 2.62 bits per heavy atom. The van der Waals surface area contributed by atoms with E-state index < -0.39 is 10.0 Å². The highest BCUT2D eigenvalue weighted by Gasteiger charge is 2.42. The highest BCUT2D eigenvalue weighted by molar-refractivity contribution is 7.89. The van der Waals surface area contributed by atoms with Gasteiger partial charge in [0.05, 0.1) is 12.0 Å². The van der Waals surface area contributed by atoms with Crippen molar-refractivity contribution in [1.82, 2.24) is 4.31 Å². The molecule has 0 radical (unpaired) electrons. The van der Waals surface area contributed by atoms with E-state index >= 15 is 0 Å². The molecule has 6 heteroatoms. The summed E-state index contributed by atoms with van der Waals surface area (Å²) < 4.78 is 33.0. The van der Waals surface area contributed by atoms with Crippen LogP contribution in [0.5, 0.6) is 5.75 Å². The van der Waals surface area contributed by atoms with E-state index in [2.05, 4.69) is 0 Å². The minimum Gasteiger partial charge on any atom is -0.496 e.